The van der Waals surface area contributed by atoms with Gasteiger partial charge in [0.05, 0.1) is 0 Å². The second kappa shape index (κ2) is 61.7. The molecule has 6 nitrogen and oxygen atoms in total. The van der Waals surface area contributed by atoms with Gasteiger partial charge in [0, 0.05) is 19.3 Å². The number of unbranched alkanes of at least 4 members (excludes halogenated alkanes) is 37. The highest BCUT2D eigenvalue weighted by Crippen LogP contribution is 2.17. The normalized spacial score (nSPS) is 12.4. The van der Waals surface area contributed by atoms with Gasteiger partial charge in [0.15, 0.2) is 6.10 Å². The maximum Gasteiger partial charge on any atom is 0.306 e. The Morgan fingerprint density at radius 2 is 0.534 bits per heavy atom. The Hall–Kier alpha value is -2.89. The molecule has 424 valence electrons. The summed E-state index contributed by atoms with van der Waals surface area (Å²) in [6.45, 7) is 6.53. The first kappa shape index (κ1) is 70.1. The van der Waals surface area contributed by atoms with Crippen molar-refractivity contribution in [1.29, 1.82) is 0 Å². The standard InChI is InChI=1S/C67H120O6/c1-4-7-10-13-16-19-22-25-26-27-28-29-30-31-32-33-34-35-36-37-38-39-40-43-45-48-51-54-57-60-66(69)72-63-64(73-67(70)61-58-55-52-49-46-42-24-21-18-15-12-9-6-3)62-71-65(68)59-56-53-50-47-44-41-23-20-17-14-11-8-5-2/h9,12,18,21-22,25,27-28,42,46,64H,4-8,10-11,13-17,19-20,23-24,26,29-41,43-45,47-63H2,1-3H3/b12-9-,21-18-,25-22-,28-27-,46-42-. The van der Waals surface area contributed by atoms with Crippen LogP contribution in [0.5, 0.6) is 0 Å². The van der Waals surface area contributed by atoms with Gasteiger partial charge < -0.3 is 14.2 Å². The van der Waals surface area contributed by atoms with E-state index >= 15 is 0 Å². The van der Waals surface area contributed by atoms with Crippen molar-refractivity contribution in [2.45, 2.75) is 335 Å². The lowest BCUT2D eigenvalue weighted by Gasteiger charge is -2.18. The lowest BCUT2D eigenvalue weighted by molar-refractivity contribution is -0.167. The van der Waals surface area contributed by atoms with Crippen molar-refractivity contribution in [2.24, 2.45) is 0 Å². The fourth-order valence-corrected chi connectivity index (χ4v) is 9.25. The van der Waals surface area contributed by atoms with E-state index in [2.05, 4.69) is 81.5 Å². The molecule has 0 radical (unpaired) electrons. The van der Waals surface area contributed by atoms with E-state index in [1.807, 2.05) is 0 Å². The number of rotatable bonds is 58. The van der Waals surface area contributed by atoms with Crippen LogP contribution >= 0.6 is 0 Å². The van der Waals surface area contributed by atoms with E-state index in [1.54, 1.807) is 0 Å². The number of hydrogen-bond acceptors (Lipinski definition) is 6. The second-order valence-electron chi connectivity index (χ2n) is 21.3. The molecule has 1 atom stereocenters. The summed E-state index contributed by atoms with van der Waals surface area (Å²) in [5.41, 5.74) is 0. The number of carbonyl (C=O) groups is 3. The van der Waals surface area contributed by atoms with Gasteiger partial charge in [-0.1, -0.05) is 287 Å². The number of ether oxygens (including phenoxy) is 3. The molecule has 0 saturated heterocycles. The van der Waals surface area contributed by atoms with Crippen molar-refractivity contribution in [3.05, 3.63) is 60.8 Å². The first-order valence-electron chi connectivity index (χ1n) is 31.8. The average molecular weight is 1020 g/mol. The van der Waals surface area contributed by atoms with Gasteiger partial charge in [-0.25, -0.2) is 0 Å². The summed E-state index contributed by atoms with van der Waals surface area (Å²) in [4.78, 5) is 38.2. The molecule has 0 aliphatic rings. The highest BCUT2D eigenvalue weighted by molar-refractivity contribution is 5.71. The van der Waals surface area contributed by atoms with Gasteiger partial charge in [0.2, 0.25) is 0 Å². The number of esters is 3. The minimum Gasteiger partial charge on any atom is -0.462 e. The molecule has 0 aromatic rings. The van der Waals surface area contributed by atoms with E-state index in [-0.39, 0.29) is 31.1 Å². The molecule has 1 unspecified atom stereocenters. The van der Waals surface area contributed by atoms with Crippen LogP contribution in [-0.2, 0) is 28.6 Å². The van der Waals surface area contributed by atoms with Gasteiger partial charge in [0.1, 0.15) is 13.2 Å². The van der Waals surface area contributed by atoms with Crippen LogP contribution in [-0.4, -0.2) is 37.2 Å². The third-order valence-electron chi connectivity index (χ3n) is 14.0. The molecule has 0 aromatic heterocycles. The summed E-state index contributed by atoms with van der Waals surface area (Å²) in [6, 6.07) is 0. The van der Waals surface area contributed by atoms with Crippen LogP contribution in [0.3, 0.4) is 0 Å². The minimum atomic E-state index is -0.786. The summed E-state index contributed by atoms with van der Waals surface area (Å²) in [7, 11) is 0. The monoisotopic (exact) mass is 1020 g/mol. The fourth-order valence-electron chi connectivity index (χ4n) is 9.25. The minimum absolute atomic E-state index is 0.0821. The summed E-state index contributed by atoms with van der Waals surface area (Å²) in [6.07, 6.45) is 78.2. The van der Waals surface area contributed by atoms with Crippen LogP contribution in [0.15, 0.2) is 60.8 Å². The molecule has 0 aromatic carbocycles. The third kappa shape index (κ3) is 59.9. The van der Waals surface area contributed by atoms with E-state index < -0.39 is 6.10 Å². The smallest absolute Gasteiger partial charge is 0.306 e. The van der Waals surface area contributed by atoms with E-state index in [9.17, 15) is 14.4 Å². The van der Waals surface area contributed by atoms with Crippen molar-refractivity contribution in [3.63, 3.8) is 0 Å². The molecule has 0 bridgehead atoms. The van der Waals surface area contributed by atoms with Gasteiger partial charge in [0.25, 0.3) is 0 Å². The summed E-state index contributed by atoms with van der Waals surface area (Å²) >= 11 is 0. The topological polar surface area (TPSA) is 78.9 Å². The molecule has 0 spiro atoms. The first-order chi connectivity index (χ1) is 36.0. The van der Waals surface area contributed by atoms with Crippen molar-refractivity contribution >= 4 is 17.9 Å². The molecular weight excluding hydrogens is 901 g/mol. The quantitative estimate of drug-likeness (QED) is 0.0261. The Labute approximate surface area is 453 Å². The highest BCUT2D eigenvalue weighted by Gasteiger charge is 2.19. The van der Waals surface area contributed by atoms with E-state index in [0.29, 0.717) is 19.3 Å². The molecule has 0 rings (SSSR count). The van der Waals surface area contributed by atoms with Gasteiger partial charge in [-0.15, -0.1) is 0 Å². The zero-order valence-corrected chi connectivity index (χ0v) is 48.7. The first-order valence-corrected chi connectivity index (χ1v) is 31.8. The molecule has 0 heterocycles. The van der Waals surface area contributed by atoms with Crippen LogP contribution in [0.1, 0.15) is 329 Å². The molecule has 6 heteroatoms. The van der Waals surface area contributed by atoms with Crippen molar-refractivity contribution in [2.75, 3.05) is 13.2 Å². The van der Waals surface area contributed by atoms with E-state index in [1.165, 1.54) is 199 Å². The second-order valence-corrected chi connectivity index (χ2v) is 21.3. The lowest BCUT2D eigenvalue weighted by Crippen LogP contribution is -2.30. The van der Waals surface area contributed by atoms with Gasteiger partial charge in [-0.2, -0.15) is 0 Å². The SMILES string of the molecule is CC/C=C\C/C=C\C/C=C\CCCCCC(=O)OC(COC(=O)CCCCCCCCCCCCCCC)COC(=O)CCCCCCCCCCCCCCCCCCC/C=C\C/C=C\CCCCCCC. The maximum absolute atomic E-state index is 12.8. The third-order valence-corrected chi connectivity index (χ3v) is 14.0. The fraction of sp³-hybridized carbons (Fsp3) is 0.806. The Morgan fingerprint density at radius 3 is 0.849 bits per heavy atom. The van der Waals surface area contributed by atoms with Gasteiger partial charge in [-0.05, 0) is 83.5 Å². The molecule has 0 aliphatic carbocycles. The largest absolute Gasteiger partial charge is 0.462 e. The molecule has 0 saturated carbocycles. The molecule has 0 fully saturated rings. The zero-order chi connectivity index (χ0) is 52.9. The number of allylic oxidation sites excluding steroid dienone is 10. The molecule has 0 aliphatic heterocycles. The van der Waals surface area contributed by atoms with Crippen LogP contribution in [0.4, 0.5) is 0 Å². The van der Waals surface area contributed by atoms with Gasteiger partial charge >= 0.3 is 17.9 Å². The number of carbonyl (C=O) groups excluding carboxylic acids is 3. The highest BCUT2D eigenvalue weighted by atomic mass is 16.6. The lowest BCUT2D eigenvalue weighted by atomic mass is 10.0. The Balaban J connectivity index is 4.16. The Kier molecular flexibility index (Phi) is 59.2. The average Bonchev–Trinajstić information content (AvgIpc) is 3.39. The summed E-state index contributed by atoms with van der Waals surface area (Å²) in [5, 5.41) is 0. The summed E-state index contributed by atoms with van der Waals surface area (Å²) in [5.74, 6) is -0.896. The predicted molar refractivity (Wildman–Crippen MR) is 316 cm³/mol. The summed E-state index contributed by atoms with van der Waals surface area (Å²) < 4.78 is 16.9. The molecule has 0 amide bonds. The van der Waals surface area contributed by atoms with Crippen molar-refractivity contribution < 1.29 is 28.6 Å². The molecular formula is C67H120O6. The maximum atomic E-state index is 12.8. The van der Waals surface area contributed by atoms with E-state index in [4.69, 9.17) is 14.2 Å². The Morgan fingerprint density at radius 1 is 0.288 bits per heavy atom. The van der Waals surface area contributed by atoms with Gasteiger partial charge in [-0.3, -0.25) is 14.4 Å². The predicted octanol–water partition coefficient (Wildman–Crippen LogP) is 21.6. The van der Waals surface area contributed by atoms with Crippen LogP contribution in [0.25, 0.3) is 0 Å². The van der Waals surface area contributed by atoms with Crippen LogP contribution in [0.2, 0.25) is 0 Å². The van der Waals surface area contributed by atoms with Crippen molar-refractivity contribution in [3.8, 4) is 0 Å². The Bertz CT molecular complexity index is 1310. The van der Waals surface area contributed by atoms with Crippen molar-refractivity contribution in [1.82, 2.24) is 0 Å². The number of hydrogen-bond donors (Lipinski definition) is 0. The molecule has 0 N–H and O–H groups in total. The zero-order valence-electron chi connectivity index (χ0n) is 48.7. The van der Waals surface area contributed by atoms with E-state index in [0.717, 1.165) is 89.9 Å². The van der Waals surface area contributed by atoms with Crippen LogP contribution < -0.4 is 0 Å². The van der Waals surface area contributed by atoms with Crippen LogP contribution in [0, 0.1) is 0 Å². The molecule has 73 heavy (non-hydrogen) atoms.